The minimum atomic E-state index is -0.469. The fourth-order valence-corrected chi connectivity index (χ4v) is 4.33. The van der Waals surface area contributed by atoms with Crippen molar-refractivity contribution in [2.24, 2.45) is 0 Å². The van der Waals surface area contributed by atoms with Gasteiger partial charge in [0.15, 0.2) is 11.5 Å². The molecule has 0 unspecified atom stereocenters. The number of aryl methyl sites for hydroxylation is 2. The molecule has 0 spiro atoms. The van der Waals surface area contributed by atoms with Gasteiger partial charge in [-0.25, -0.2) is 9.67 Å². The van der Waals surface area contributed by atoms with Crippen LogP contribution in [-0.2, 0) is 0 Å². The van der Waals surface area contributed by atoms with Crippen LogP contribution in [0.5, 0.6) is 11.5 Å². The predicted octanol–water partition coefficient (Wildman–Crippen LogP) is 4.79. The summed E-state index contributed by atoms with van der Waals surface area (Å²) < 4.78 is 12.2. The number of hydrogen-bond donors (Lipinski definition) is 1. The first-order valence-electron chi connectivity index (χ1n) is 10.1. The van der Waals surface area contributed by atoms with Gasteiger partial charge in [-0.3, -0.25) is 14.9 Å². The summed E-state index contributed by atoms with van der Waals surface area (Å²) in [7, 11) is 3.13. The van der Waals surface area contributed by atoms with Crippen molar-refractivity contribution in [1.82, 2.24) is 14.8 Å². The van der Waals surface area contributed by atoms with Gasteiger partial charge in [0.2, 0.25) is 0 Å². The Balaban J connectivity index is 1.61. The quantitative estimate of drug-likeness (QED) is 0.299. The Morgan fingerprint density at radius 1 is 1.06 bits per heavy atom. The molecule has 11 heteroatoms. The topological polar surface area (TPSA) is 121 Å². The summed E-state index contributed by atoms with van der Waals surface area (Å²) >= 11 is 1.26. The van der Waals surface area contributed by atoms with Crippen molar-refractivity contribution in [2.45, 2.75) is 13.8 Å². The number of thiazole rings is 1. The molecule has 0 saturated heterocycles. The second-order valence-electron chi connectivity index (χ2n) is 7.31. The average molecular weight is 480 g/mol. The highest BCUT2D eigenvalue weighted by molar-refractivity contribution is 7.17. The largest absolute Gasteiger partial charge is 0.493 e. The second kappa shape index (κ2) is 9.32. The number of non-ortho nitro benzene ring substituents is 1. The van der Waals surface area contributed by atoms with Crippen LogP contribution in [0.3, 0.4) is 0 Å². The minimum absolute atomic E-state index is 0.0267. The molecule has 10 nitrogen and oxygen atoms in total. The molecule has 4 aromatic rings. The number of nitro groups is 1. The van der Waals surface area contributed by atoms with Gasteiger partial charge in [-0.05, 0) is 44.2 Å². The number of nitrogens with zero attached hydrogens (tertiary/aromatic N) is 4. The van der Waals surface area contributed by atoms with Gasteiger partial charge in [0, 0.05) is 23.8 Å². The van der Waals surface area contributed by atoms with E-state index >= 15 is 0 Å². The Hall–Kier alpha value is -4.25. The van der Waals surface area contributed by atoms with Crippen molar-refractivity contribution in [1.29, 1.82) is 0 Å². The normalized spacial score (nSPS) is 10.7. The molecule has 0 radical (unpaired) electrons. The van der Waals surface area contributed by atoms with E-state index in [4.69, 9.17) is 9.47 Å². The standard InChI is InChI=1S/C23H21N5O5S/c1-13-11-20(27(26-13)16-6-8-17(9-7-16)28(30)31)25-22(29)21-14(2)24-23(34-21)15-5-10-18(32-3)19(12-15)33-4/h5-12H,1-4H3,(H,25,29). The maximum absolute atomic E-state index is 13.1. The first-order valence-corrected chi connectivity index (χ1v) is 10.9. The molecule has 0 atom stereocenters. The van der Waals surface area contributed by atoms with Crippen molar-refractivity contribution in [2.75, 3.05) is 19.5 Å². The Morgan fingerprint density at radius 2 is 1.76 bits per heavy atom. The van der Waals surface area contributed by atoms with E-state index in [0.717, 1.165) is 5.56 Å². The molecule has 4 rings (SSSR count). The molecule has 0 aliphatic carbocycles. The zero-order valence-electron chi connectivity index (χ0n) is 18.9. The molecule has 0 fully saturated rings. The molecule has 0 bridgehead atoms. The number of methoxy groups -OCH3 is 2. The molecule has 0 aliphatic rings. The van der Waals surface area contributed by atoms with E-state index in [1.807, 2.05) is 12.1 Å². The summed E-state index contributed by atoms with van der Waals surface area (Å²) in [4.78, 5) is 28.6. The third-order valence-corrected chi connectivity index (χ3v) is 6.22. The smallest absolute Gasteiger partial charge is 0.269 e. The molecular formula is C23H21N5O5S. The lowest BCUT2D eigenvalue weighted by Gasteiger charge is -2.08. The molecule has 174 valence electrons. The van der Waals surface area contributed by atoms with Crippen molar-refractivity contribution < 1.29 is 19.2 Å². The third kappa shape index (κ3) is 4.46. The molecule has 34 heavy (non-hydrogen) atoms. The summed E-state index contributed by atoms with van der Waals surface area (Å²) in [6, 6.07) is 13.1. The molecular weight excluding hydrogens is 458 g/mol. The van der Waals surface area contributed by atoms with Gasteiger partial charge in [0.25, 0.3) is 11.6 Å². The van der Waals surface area contributed by atoms with E-state index in [0.29, 0.717) is 44.3 Å². The molecule has 2 heterocycles. The Bertz CT molecular complexity index is 1380. The highest BCUT2D eigenvalue weighted by Gasteiger charge is 2.20. The number of carbonyl (C=O) groups is 1. The van der Waals surface area contributed by atoms with Crippen molar-refractivity contribution >= 4 is 28.7 Å². The van der Waals surface area contributed by atoms with E-state index < -0.39 is 4.92 Å². The molecule has 2 aromatic heterocycles. The lowest BCUT2D eigenvalue weighted by molar-refractivity contribution is -0.384. The minimum Gasteiger partial charge on any atom is -0.493 e. The van der Waals surface area contributed by atoms with Crippen molar-refractivity contribution in [3.05, 3.63) is 74.9 Å². The number of anilines is 1. The lowest BCUT2D eigenvalue weighted by atomic mass is 10.2. The Kier molecular flexibility index (Phi) is 6.28. The first kappa shape index (κ1) is 22.9. The van der Waals surface area contributed by atoms with Crippen LogP contribution in [-0.4, -0.2) is 39.8 Å². The van der Waals surface area contributed by atoms with Gasteiger partial charge < -0.3 is 14.8 Å². The van der Waals surface area contributed by atoms with Gasteiger partial charge in [-0.1, -0.05) is 0 Å². The number of hydrogen-bond acceptors (Lipinski definition) is 8. The Morgan fingerprint density at radius 3 is 2.41 bits per heavy atom. The third-order valence-electron chi connectivity index (χ3n) is 5.01. The van der Waals surface area contributed by atoms with Crippen LogP contribution < -0.4 is 14.8 Å². The van der Waals surface area contributed by atoms with Crippen LogP contribution >= 0.6 is 11.3 Å². The van der Waals surface area contributed by atoms with Crippen molar-refractivity contribution in [3.8, 4) is 27.8 Å². The summed E-state index contributed by atoms with van der Waals surface area (Å²) in [5, 5.41) is 18.9. The number of carbonyl (C=O) groups excluding carboxylic acids is 1. The SMILES string of the molecule is COc1ccc(-c2nc(C)c(C(=O)Nc3cc(C)nn3-c3ccc([N+](=O)[O-])cc3)s2)cc1OC. The molecule has 1 N–H and O–H groups in total. The summed E-state index contributed by atoms with van der Waals surface area (Å²) in [6.45, 7) is 3.57. The monoisotopic (exact) mass is 479 g/mol. The number of rotatable bonds is 7. The van der Waals surface area contributed by atoms with Crippen LogP contribution in [0.1, 0.15) is 21.1 Å². The molecule has 1 amide bonds. The van der Waals surface area contributed by atoms with E-state index in [1.165, 1.54) is 28.2 Å². The highest BCUT2D eigenvalue weighted by atomic mass is 32.1. The zero-order valence-corrected chi connectivity index (χ0v) is 19.7. The number of nitro benzene ring substituents is 1. The number of amides is 1. The fourth-order valence-electron chi connectivity index (χ4n) is 3.37. The molecule has 2 aromatic carbocycles. The Labute approximate surface area is 198 Å². The van der Waals surface area contributed by atoms with E-state index in [1.54, 1.807) is 52.3 Å². The van der Waals surface area contributed by atoms with Crippen LogP contribution in [0.25, 0.3) is 16.3 Å². The zero-order chi connectivity index (χ0) is 24.4. The van der Waals surface area contributed by atoms with Gasteiger partial charge in [-0.15, -0.1) is 11.3 Å². The average Bonchev–Trinajstić information content (AvgIpc) is 3.40. The van der Waals surface area contributed by atoms with Gasteiger partial charge in [0.05, 0.1) is 36.2 Å². The predicted molar refractivity (Wildman–Crippen MR) is 128 cm³/mol. The number of nitrogens with one attached hydrogen (secondary N) is 1. The lowest BCUT2D eigenvalue weighted by Crippen LogP contribution is -2.15. The number of aromatic nitrogens is 3. The fraction of sp³-hybridized carbons (Fsp3) is 0.174. The van der Waals surface area contributed by atoms with Crippen LogP contribution in [0.15, 0.2) is 48.5 Å². The van der Waals surface area contributed by atoms with Gasteiger partial charge in [0.1, 0.15) is 15.7 Å². The molecule has 0 saturated carbocycles. The second-order valence-corrected chi connectivity index (χ2v) is 8.31. The first-order chi connectivity index (χ1) is 16.3. The van der Waals surface area contributed by atoms with E-state index in [9.17, 15) is 14.9 Å². The van der Waals surface area contributed by atoms with Gasteiger partial charge >= 0.3 is 0 Å². The molecule has 0 aliphatic heterocycles. The number of ether oxygens (including phenoxy) is 2. The maximum Gasteiger partial charge on any atom is 0.269 e. The van der Waals surface area contributed by atoms with Crippen LogP contribution in [0.2, 0.25) is 0 Å². The summed E-state index contributed by atoms with van der Waals surface area (Å²) in [5.74, 6) is 1.29. The maximum atomic E-state index is 13.1. The summed E-state index contributed by atoms with van der Waals surface area (Å²) in [6.07, 6.45) is 0. The van der Waals surface area contributed by atoms with Gasteiger partial charge in [-0.2, -0.15) is 5.10 Å². The number of benzene rings is 2. The highest BCUT2D eigenvalue weighted by Crippen LogP contribution is 2.35. The van der Waals surface area contributed by atoms with Crippen LogP contribution in [0, 0.1) is 24.0 Å². The van der Waals surface area contributed by atoms with Crippen LogP contribution in [0.4, 0.5) is 11.5 Å². The summed E-state index contributed by atoms with van der Waals surface area (Å²) in [5.41, 5.74) is 2.63. The van der Waals surface area contributed by atoms with E-state index in [2.05, 4.69) is 15.4 Å². The van der Waals surface area contributed by atoms with Crippen molar-refractivity contribution in [3.63, 3.8) is 0 Å². The van der Waals surface area contributed by atoms with E-state index in [-0.39, 0.29) is 11.6 Å².